The number of halogens is 1. The summed E-state index contributed by atoms with van der Waals surface area (Å²) in [7, 11) is 0. The van der Waals surface area contributed by atoms with E-state index in [0.29, 0.717) is 30.0 Å². The first-order valence-corrected chi connectivity index (χ1v) is 9.76. The highest BCUT2D eigenvalue weighted by atomic mass is 79.9. The summed E-state index contributed by atoms with van der Waals surface area (Å²) in [5, 5.41) is 0. The van der Waals surface area contributed by atoms with Crippen LogP contribution in [0, 0.1) is 0 Å². The Morgan fingerprint density at radius 2 is 2.12 bits per heavy atom. The summed E-state index contributed by atoms with van der Waals surface area (Å²) in [5.41, 5.74) is 0.453. The largest absolute Gasteiger partial charge is 0.447 e. The molecule has 1 unspecified atom stereocenters. The number of rotatable bonds is 5. The average molecular weight is 410 g/mol. The zero-order valence-corrected chi connectivity index (χ0v) is 16.1. The van der Waals surface area contributed by atoms with Crippen LogP contribution in [0.1, 0.15) is 49.5 Å². The van der Waals surface area contributed by atoms with Crippen LogP contribution in [0.3, 0.4) is 0 Å². The number of piperidine rings is 1. The second kappa shape index (κ2) is 8.17. The third kappa shape index (κ3) is 4.14. The molecule has 3 heterocycles. The fraction of sp³-hybridized carbons (Fsp3) is 0.611. The van der Waals surface area contributed by atoms with E-state index in [1.807, 2.05) is 15.9 Å². The number of aromatic nitrogens is 1. The van der Waals surface area contributed by atoms with Gasteiger partial charge in [-0.2, -0.15) is 0 Å². The third-order valence-corrected chi connectivity index (χ3v) is 5.42. The molecule has 0 spiro atoms. The zero-order chi connectivity index (χ0) is 17.8. The fourth-order valence-corrected chi connectivity index (χ4v) is 3.96. The molecule has 2 fully saturated rings. The summed E-state index contributed by atoms with van der Waals surface area (Å²) in [5.74, 6) is -0.0497. The summed E-state index contributed by atoms with van der Waals surface area (Å²) in [6, 6.07) is 5.70. The Labute approximate surface area is 156 Å². The second-order valence-corrected chi connectivity index (χ2v) is 7.46. The van der Waals surface area contributed by atoms with E-state index < -0.39 is 0 Å². The molecule has 1 aromatic rings. The van der Waals surface area contributed by atoms with E-state index in [9.17, 15) is 9.59 Å². The first-order valence-electron chi connectivity index (χ1n) is 8.97. The molecular weight excluding hydrogens is 386 g/mol. The van der Waals surface area contributed by atoms with Crippen LogP contribution in [0.2, 0.25) is 0 Å². The monoisotopic (exact) mass is 409 g/mol. The zero-order valence-electron chi connectivity index (χ0n) is 14.5. The highest BCUT2D eigenvalue weighted by Gasteiger charge is 2.39. The molecule has 2 aliphatic heterocycles. The number of carbonyl (C=O) groups is 2. The number of pyridine rings is 1. The molecule has 1 atom stereocenters. The molecule has 0 aliphatic carbocycles. The van der Waals surface area contributed by atoms with Crippen molar-refractivity contribution in [2.75, 3.05) is 19.7 Å². The standard InChI is InChI=1S/C18H24BrN3O3/c1-2-3-5-14-12-25-18(24)22(14)13-8-10-21(11-9-13)17(23)15-6-4-7-16(19)20-15/h4,6-7,13-14H,2-3,5,8-12H2,1H3. The van der Waals surface area contributed by atoms with Crippen LogP contribution >= 0.6 is 15.9 Å². The summed E-state index contributed by atoms with van der Waals surface area (Å²) in [4.78, 5) is 32.7. The van der Waals surface area contributed by atoms with Crippen molar-refractivity contribution in [2.24, 2.45) is 0 Å². The van der Waals surface area contributed by atoms with Gasteiger partial charge in [-0.1, -0.05) is 25.8 Å². The molecule has 2 saturated heterocycles. The molecule has 2 aliphatic rings. The van der Waals surface area contributed by atoms with Gasteiger partial charge in [0.15, 0.2) is 0 Å². The van der Waals surface area contributed by atoms with E-state index >= 15 is 0 Å². The number of nitrogens with zero attached hydrogens (tertiary/aromatic N) is 3. The molecule has 0 N–H and O–H groups in total. The van der Waals surface area contributed by atoms with E-state index in [1.165, 1.54) is 0 Å². The van der Waals surface area contributed by atoms with Gasteiger partial charge in [0.2, 0.25) is 0 Å². The minimum atomic E-state index is -0.195. The summed E-state index contributed by atoms with van der Waals surface area (Å²) < 4.78 is 5.94. The maximum absolute atomic E-state index is 12.6. The number of unbranched alkanes of at least 4 members (excludes halogenated alkanes) is 1. The van der Waals surface area contributed by atoms with Crippen molar-refractivity contribution < 1.29 is 14.3 Å². The maximum atomic E-state index is 12.6. The van der Waals surface area contributed by atoms with Crippen molar-refractivity contribution in [3.63, 3.8) is 0 Å². The van der Waals surface area contributed by atoms with Crippen LogP contribution < -0.4 is 0 Å². The smallest absolute Gasteiger partial charge is 0.410 e. The van der Waals surface area contributed by atoms with Gasteiger partial charge in [-0.05, 0) is 47.3 Å². The van der Waals surface area contributed by atoms with Crippen LogP contribution in [-0.4, -0.2) is 58.6 Å². The van der Waals surface area contributed by atoms with E-state index in [-0.39, 0.29) is 24.1 Å². The predicted octanol–water partition coefficient (Wildman–Crippen LogP) is 3.46. The third-order valence-electron chi connectivity index (χ3n) is 4.97. The number of hydrogen-bond donors (Lipinski definition) is 0. The Kier molecular flexibility index (Phi) is 5.93. The Balaban J connectivity index is 1.59. The number of amides is 2. The summed E-state index contributed by atoms with van der Waals surface area (Å²) in [6.07, 6.45) is 4.59. The van der Waals surface area contributed by atoms with Gasteiger partial charge in [0.05, 0.1) is 6.04 Å². The highest BCUT2D eigenvalue weighted by Crippen LogP contribution is 2.27. The van der Waals surface area contributed by atoms with Crippen LogP contribution in [-0.2, 0) is 4.74 Å². The quantitative estimate of drug-likeness (QED) is 0.698. The molecule has 2 amide bonds. The highest BCUT2D eigenvalue weighted by molar-refractivity contribution is 9.10. The van der Waals surface area contributed by atoms with E-state index in [4.69, 9.17) is 4.74 Å². The van der Waals surface area contributed by atoms with Crippen molar-refractivity contribution in [1.82, 2.24) is 14.8 Å². The molecule has 0 bridgehead atoms. The lowest BCUT2D eigenvalue weighted by Gasteiger charge is -2.37. The van der Waals surface area contributed by atoms with Gasteiger partial charge in [0.25, 0.3) is 5.91 Å². The molecule has 25 heavy (non-hydrogen) atoms. The minimum absolute atomic E-state index is 0.0497. The molecule has 0 radical (unpaired) electrons. The van der Waals surface area contributed by atoms with Crippen LogP contribution in [0.25, 0.3) is 0 Å². The van der Waals surface area contributed by atoms with E-state index in [2.05, 4.69) is 27.8 Å². The molecule has 6 nitrogen and oxygen atoms in total. The van der Waals surface area contributed by atoms with Gasteiger partial charge in [-0.25, -0.2) is 9.78 Å². The molecule has 0 saturated carbocycles. The van der Waals surface area contributed by atoms with Gasteiger partial charge < -0.3 is 9.64 Å². The first kappa shape index (κ1) is 18.2. The topological polar surface area (TPSA) is 62.7 Å². The van der Waals surface area contributed by atoms with Gasteiger partial charge in [0.1, 0.15) is 16.9 Å². The molecule has 0 aromatic carbocycles. The van der Waals surface area contributed by atoms with Gasteiger partial charge in [-0.15, -0.1) is 0 Å². The minimum Gasteiger partial charge on any atom is -0.447 e. The van der Waals surface area contributed by atoms with Crippen molar-refractivity contribution in [3.8, 4) is 0 Å². The summed E-state index contributed by atoms with van der Waals surface area (Å²) >= 11 is 3.30. The Morgan fingerprint density at radius 1 is 1.36 bits per heavy atom. The average Bonchev–Trinajstić information content (AvgIpc) is 3.00. The van der Waals surface area contributed by atoms with Crippen molar-refractivity contribution in [3.05, 3.63) is 28.5 Å². The second-order valence-electron chi connectivity index (χ2n) is 6.65. The number of hydrogen-bond acceptors (Lipinski definition) is 4. The van der Waals surface area contributed by atoms with Crippen molar-refractivity contribution in [2.45, 2.75) is 51.1 Å². The number of likely N-dealkylation sites (tertiary alicyclic amines) is 1. The van der Waals surface area contributed by atoms with Gasteiger partial charge in [-0.3, -0.25) is 9.69 Å². The lowest BCUT2D eigenvalue weighted by atomic mass is 10.00. The lowest BCUT2D eigenvalue weighted by molar-refractivity contribution is 0.0628. The number of ether oxygens (including phenoxy) is 1. The Bertz CT molecular complexity index is 632. The molecular formula is C18H24BrN3O3. The van der Waals surface area contributed by atoms with E-state index in [1.54, 1.807) is 12.1 Å². The number of cyclic esters (lactones) is 1. The molecule has 3 rings (SSSR count). The van der Waals surface area contributed by atoms with Crippen LogP contribution in [0.15, 0.2) is 22.8 Å². The molecule has 1 aromatic heterocycles. The first-order chi connectivity index (χ1) is 12.1. The van der Waals surface area contributed by atoms with Crippen molar-refractivity contribution >= 4 is 27.9 Å². The van der Waals surface area contributed by atoms with Gasteiger partial charge in [0, 0.05) is 19.1 Å². The summed E-state index contributed by atoms with van der Waals surface area (Å²) in [6.45, 7) is 3.94. The Morgan fingerprint density at radius 3 is 2.80 bits per heavy atom. The number of carbonyl (C=O) groups excluding carboxylic acids is 2. The van der Waals surface area contributed by atoms with Crippen LogP contribution in [0.5, 0.6) is 0 Å². The Hall–Kier alpha value is -1.63. The normalized spacial score (nSPS) is 21.5. The maximum Gasteiger partial charge on any atom is 0.410 e. The van der Waals surface area contributed by atoms with E-state index in [0.717, 1.165) is 32.1 Å². The van der Waals surface area contributed by atoms with Gasteiger partial charge >= 0.3 is 6.09 Å². The SMILES string of the molecule is CCCCC1COC(=O)N1C1CCN(C(=O)c2cccc(Br)n2)CC1. The molecule has 136 valence electrons. The van der Waals surface area contributed by atoms with Crippen molar-refractivity contribution in [1.29, 1.82) is 0 Å². The predicted molar refractivity (Wildman–Crippen MR) is 97.4 cm³/mol. The van der Waals surface area contributed by atoms with Crippen LogP contribution in [0.4, 0.5) is 4.79 Å². The lowest BCUT2D eigenvalue weighted by Crippen LogP contribution is -2.49. The molecule has 7 heteroatoms. The fourth-order valence-electron chi connectivity index (χ4n) is 3.62.